The highest BCUT2D eigenvalue weighted by Crippen LogP contribution is 2.32. The van der Waals surface area contributed by atoms with Crippen molar-refractivity contribution < 1.29 is 23.8 Å². The lowest BCUT2D eigenvalue weighted by Gasteiger charge is -2.13. The van der Waals surface area contributed by atoms with Crippen LogP contribution in [0.3, 0.4) is 0 Å². The van der Waals surface area contributed by atoms with Gasteiger partial charge in [0, 0.05) is 6.54 Å². The Morgan fingerprint density at radius 1 is 1.12 bits per heavy atom. The predicted molar refractivity (Wildman–Crippen MR) is 85.7 cm³/mol. The van der Waals surface area contributed by atoms with Gasteiger partial charge in [0.15, 0.2) is 17.6 Å². The average Bonchev–Trinajstić information content (AvgIpc) is 3.08. The highest BCUT2D eigenvalue weighted by molar-refractivity contribution is 5.92. The Kier molecular flexibility index (Phi) is 4.65. The van der Waals surface area contributed by atoms with Gasteiger partial charge in [0.05, 0.1) is 5.56 Å². The summed E-state index contributed by atoms with van der Waals surface area (Å²) in [6.07, 6.45) is -0.883. The molecule has 0 bridgehead atoms. The molecule has 0 fully saturated rings. The van der Waals surface area contributed by atoms with Crippen molar-refractivity contribution in [2.45, 2.75) is 19.6 Å². The minimum Gasteiger partial charge on any atom is -0.454 e. The molecule has 0 aliphatic carbocycles. The van der Waals surface area contributed by atoms with Crippen LogP contribution in [-0.2, 0) is 16.1 Å². The molecule has 3 rings (SSSR count). The van der Waals surface area contributed by atoms with E-state index in [-0.39, 0.29) is 12.7 Å². The van der Waals surface area contributed by atoms with Crippen molar-refractivity contribution in [1.29, 1.82) is 0 Å². The fourth-order valence-electron chi connectivity index (χ4n) is 2.24. The van der Waals surface area contributed by atoms with Gasteiger partial charge in [0.2, 0.25) is 6.79 Å². The molecule has 6 heteroatoms. The van der Waals surface area contributed by atoms with Crippen LogP contribution >= 0.6 is 0 Å². The fourth-order valence-corrected chi connectivity index (χ4v) is 2.24. The van der Waals surface area contributed by atoms with E-state index in [1.807, 2.05) is 12.1 Å². The van der Waals surface area contributed by atoms with Gasteiger partial charge >= 0.3 is 5.97 Å². The van der Waals surface area contributed by atoms with Gasteiger partial charge in [-0.1, -0.05) is 24.3 Å². The first-order valence-electron chi connectivity index (χ1n) is 7.56. The van der Waals surface area contributed by atoms with Crippen molar-refractivity contribution in [1.82, 2.24) is 5.32 Å². The molecule has 0 saturated carbocycles. The quantitative estimate of drug-likeness (QED) is 0.853. The molecule has 0 saturated heterocycles. The molecule has 1 unspecified atom stereocenters. The maximum absolute atomic E-state index is 12.1. The zero-order chi connectivity index (χ0) is 16.9. The SMILES string of the molecule is CC(OC(=O)c1ccccc1)C(=O)NCc1ccc2c(c1)OCO2. The third kappa shape index (κ3) is 3.65. The molecule has 6 nitrogen and oxygen atoms in total. The number of carbonyl (C=O) groups excluding carboxylic acids is 2. The minimum absolute atomic E-state index is 0.206. The summed E-state index contributed by atoms with van der Waals surface area (Å²) in [4.78, 5) is 24.0. The Hall–Kier alpha value is -3.02. The van der Waals surface area contributed by atoms with Gasteiger partial charge in [-0.05, 0) is 36.8 Å². The Morgan fingerprint density at radius 2 is 1.88 bits per heavy atom. The summed E-state index contributed by atoms with van der Waals surface area (Å²) in [5.41, 5.74) is 1.28. The Labute approximate surface area is 139 Å². The molecule has 0 aromatic heterocycles. The molecule has 1 aliphatic heterocycles. The molecule has 1 N–H and O–H groups in total. The van der Waals surface area contributed by atoms with Gasteiger partial charge in [-0.25, -0.2) is 4.79 Å². The Morgan fingerprint density at radius 3 is 2.67 bits per heavy atom. The van der Waals surface area contributed by atoms with E-state index in [1.54, 1.807) is 36.4 Å². The van der Waals surface area contributed by atoms with E-state index < -0.39 is 12.1 Å². The molecule has 1 heterocycles. The van der Waals surface area contributed by atoms with E-state index in [2.05, 4.69) is 5.32 Å². The van der Waals surface area contributed by atoms with Crippen molar-refractivity contribution in [2.24, 2.45) is 0 Å². The first-order chi connectivity index (χ1) is 11.6. The van der Waals surface area contributed by atoms with Gasteiger partial charge in [0.1, 0.15) is 0 Å². The van der Waals surface area contributed by atoms with Gasteiger partial charge in [0.25, 0.3) is 5.91 Å². The lowest BCUT2D eigenvalue weighted by molar-refractivity contribution is -0.129. The third-order valence-corrected chi connectivity index (χ3v) is 3.57. The zero-order valence-corrected chi connectivity index (χ0v) is 13.2. The number of nitrogens with one attached hydrogen (secondary N) is 1. The van der Waals surface area contributed by atoms with Crippen LogP contribution in [0.4, 0.5) is 0 Å². The number of hydrogen-bond donors (Lipinski definition) is 1. The molecular formula is C18H17NO5. The van der Waals surface area contributed by atoms with E-state index in [1.165, 1.54) is 6.92 Å². The van der Waals surface area contributed by atoms with Crippen LogP contribution in [0.15, 0.2) is 48.5 Å². The van der Waals surface area contributed by atoms with Crippen molar-refractivity contribution in [3.8, 4) is 11.5 Å². The van der Waals surface area contributed by atoms with E-state index in [9.17, 15) is 9.59 Å². The molecule has 0 spiro atoms. The maximum Gasteiger partial charge on any atom is 0.338 e. The number of hydrogen-bond acceptors (Lipinski definition) is 5. The van der Waals surface area contributed by atoms with Crippen LogP contribution in [0, 0.1) is 0 Å². The van der Waals surface area contributed by atoms with Crippen molar-refractivity contribution in [3.63, 3.8) is 0 Å². The second-order valence-corrected chi connectivity index (χ2v) is 5.32. The summed E-state index contributed by atoms with van der Waals surface area (Å²) in [5.74, 6) is 0.457. The number of esters is 1. The summed E-state index contributed by atoms with van der Waals surface area (Å²) in [6.45, 7) is 2.05. The number of ether oxygens (including phenoxy) is 3. The van der Waals surface area contributed by atoms with Gasteiger partial charge in [-0.2, -0.15) is 0 Å². The molecule has 2 aromatic carbocycles. The molecule has 1 amide bonds. The lowest BCUT2D eigenvalue weighted by atomic mass is 10.2. The molecule has 0 radical (unpaired) electrons. The number of amides is 1. The molecule has 1 atom stereocenters. The fraction of sp³-hybridized carbons (Fsp3) is 0.222. The van der Waals surface area contributed by atoms with Crippen LogP contribution in [0.2, 0.25) is 0 Å². The van der Waals surface area contributed by atoms with E-state index in [0.29, 0.717) is 23.6 Å². The van der Waals surface area contributed by atoms with Crippen molar-refractivity contribution in [2.75, 3.05) is 6.79 Å². The zero-order valence-electron chi connectivity index (χ0n) is 13.2. The lowest BCUT2D eigenvalue weighted by Crippen LogP contribution is -2.35. The monoisotopic (exact) mass is 327 g/mol. The summed E-state index contributed by atoms with van der Waals surface area (Å²) in [5, 5.41) is 2.73. The number of carbonyl (C=O) groups is 2. The van der Waals surface area contributed by atoms with E-state index >= 15 is 0 Å². The third-order valence-electron chi connectivity index (χ3n) is 3.57. The van der Waals surface area contributed by atoms with Gasteiger partial charge in [-0.15, -0.1) is 0 Å². The summed E-state index contributed by atoms with van der Waals surface area (Å²) in [6, 6.07) is 14.0. The average molecular weight is 327 g/mol. The largest absolute Gasteiger partial charge is 0.454 e. The van der Waals surface area contributed by atoms with E-state index in [4.69, 9.17) is 14.2 Å². The number of rotatable bonds is 5. The smallest absolute Gasteiger partial charge is 0.338 e. The second-order valence-electron chi connectivity index (χ2n) is 5.32. The van der Waals surface area contributed by atoms with Crippen molar-refractivity contribution in [3.05, 3.63) is 59.7 Å². The van der Waals surface area contributed by atoms with Crippen LogP contribution < -0.4 is 14.8 Å². The van der Waals surface area contributed by atoms with Gasteiger partial charge in [-0.3, -0.25) is 4.79 Å². The summed E-state index contributed by atoms with van der Waals surface area (Å²) >= 11 is 0. The molecule has 1 aliphatic rings. The van der Waals surface area contributed by atoms with Crippen LogP contribution in [0.25, 0.3) is 0 Å². The highest BCUT2D eigenvalue weighted by atomic mass is 16.7. The summed E-state index contributed by atoms with van der Waals surface area (Å²) in [7, 11) is 0. The minimum atomic E-state index is -0.883. The maximum atomic E-state index is 12.1. The topological polar surface area (TPSA) is 73.9 Å². The van der Waals surface area contributed by atoms with E-state index in [0.717, 1.165) is 5.56 Å². The normalized spacial score (nSPS) is 13.2. The standard InChI is InChI=1S/C18H17NO5/c1-12(24-18(21)14-5-3-2-4-6-14)17(20)19-10-13-7-8-15-16(9-13)23-11-22-15/h2-9,12H,10-11H2,1H3,(H,19,20). The number of fused-ring (bicyclic) bond motifs is 1. The highest BCUT2D eigenvalue weighted by Gasteiger charge is 2.19. The van der Waals surface area contributed by atoms with Crippen LogP contribution in [0.1, 0.15) is 22.8 Å². The number of benzene rings is 2. The predicted octanol–water partition coefficient (Wildman–Crippen LogP) is 2.28. The molecule has 24 heavy (non-hydrogen) atoms. The second kappa shape index (κ2) is 7.04. The Bertz CT molecular complexity index is 744. The van der Waals surface area contributed by atoms with Gasteiger partial charge < -0.3 is 19.5 Å². The Balaban J connectivity index is 1.52. The summed E-state index contributed by atoms with van der Waals surface area (Å²) < 4.78 is 15.7. The molecule has 124 valence electrons. The van der Waals surface area contributed by atoms with Crippen LogP contribution in [0.5, 0.6) is 11.5 Å². The van der Waals surface area contributed by atoms with Crippen molar-refractivity contribution >= 4 is 11.9 Å². The molecular weight excluding hydrogens is 310 g/mol. The first-order valence-corrected chi connectivity index (χ1v) is 7.56. The van der Waals surface area contributed by atoms with Crippen LogP contribution in [-0.4, -0.2) is 24.8 Å². The first kappa shape index (κ1) is 15.9. The molecule has 2 aromatic rings.